The molecule has 2 aliphatic heterocycles. The van der Waals surface area contributed by atoms with Gasteiger partial charge in [0.25, 0.3) is 0 Å². The molecule has 3 heteroatoms. The minimum Gasteiger partial charge on any atom is -0.396 e. The lowest BCUT2D eigenvalue weighted by atomic mass is 9.96. The van der Waals surface area contributed by atoms with Crippen molar-refractivity contribution in [2.24, 2.45) is 5.92 Å². The van der Waals surface area contributed by atoms with Gasteiger partial charge in [0.2, 0.25) is 0 Å². The van der Waals surface area contributed by atoms with Gasteiger partial charge in [0.15, 0.2) is 0 Å². The molecule has 2 heterocycles. The average Bonchev–Trinajstić information content (AvgIpc) is 2.72. The third-order valence-corrected chi connectivity index (χ3v) is 4.47. The van der Waals surface area contributed by atoms with Crippen molar-refractivity contribution in [3.05, 3.63) is 0 Å². The van der Waals surface area contributed by atoms with Gasteiger partial charge in [0, 0.05) is 31.3 Å². The minimum absolute atomic E-state index is 0.287. The van der Waals surface area contributed by atoms with Crippen molar-refractivity contribution in [1.82, 2.24) is 10.2 Å². The summed E-state index contributed by atoms with van der Waals surface area (Å²) in [6.07, 6.45) is 5.42. The maximum Gasteiger partial charge on any atom is 0.0471 e. The van der Waals surface area contributed by atoms with Gasteiger partial charge in [0.05, 0.1) is 0 Å². The fourth-order valence-electron chi connectivity index (χ4n) is 3.10. The normalized spacial score (nSPS) is 34.7. The quantitative estimate of drug-likeness (QED) is 0.756. The van der Waals surface area contributed by atoms with Crippen molar-refractivity contribution in [2.75, 3.05) is 19.7 Å². The van der Waals surface area contributed by atoms with Crippen LogP contribution in [0.3, 0.4) is 0 Å². The molecule has 2 rings (SSSR count). The minimum atomic E-state index is 0.287. The van der Waals surface area contributed by atoms with E-state index >= 15 is 0 Å². The van der Waals surface area contributed by atoms with E-state index in [2.05, 4.69) is 24.1 Å². The fourth-order valence-corrected chi connectivity index (χ4v) is 3.10. The molecule has 0 amide bonds. The Bertz CT molecular complexity index is 222. The van der Waals surface area contributed by atoms with Gasteiger partial charge < -0.3 is 10.4 Å². The van der Waals surface area contributed by atoms with Crippen LogP contribution < -0.4 is 5.32 Å². The standard InChI is InChI=1S/C13H26N2O/c1-10(9-16)11(2)14-12-6-8-15-7-4-3-5-13(12)15/h10-14,16H,3-9H2,1-2H3. The second kappa shape index (κ2) is 5.48. The number of piperidine rings is 1. The summed E-state index contributed by atoms with van der Waals surface area (Å²) in [4.78, 5) is 2.65. The van der Waals surface area contributed by atoms with Crippen molar-refractivity contribution in [1.29, 1.82) is 0 Å². The zero-order valence-electron chi connectivity index (χ0n) is 10.7. The molecule has 4 atom stereocenters. The van der Waals surface area contributed by atoms with Crippen LogP contribution in [0.25, 0.3) is 0 Å². The summed E-state index contributed by atoms with van der Waals surface area (Å²) in [5.41, 5.74) is 0. The predicted octanol–water partition coefficient (Wildman–Crippen LogP) is 1.22. The van der Waals surface area contributed by atoms with Gasteiger partial charge in [-0.3, -0.25) is 4.90 Å². The highest BCUT2D eigenvalue weighted by atomic mass is 16.3. The van der Waals surface area contributed by atoms with Crippen molar-refractivity contribution in [2.45, 2.75) is 57.7 Å². The van der Waals surface area contributed by atoms with Gasteiger partial charge in [-0.1, -0.05) is 13.3 Å². The van der Waals surface area contributed by atoms with E-state index in [4.69, 9.17) is 5.11 Å². The molecule has 0 aliphatic carbocycles. The van der Waals surface area contributed by atoms with Gasteiger partial charge in [-0.05, 0) is 38.6 Å². The number of nitrogens with one attached hydrogen (secondary N) is 1. The molecule has 16 heavy (non-hydrogen) atoms. The van der Waals surface area contributed by atoms with Crippen LogP contribution in [-0.2, 0) is 0 Å². The Morgan fingerprint density at radius 2 is 2.06 bits per heavy atom. The largest absolute Gasteiger partial charge is 0.396 e. The lowest BCUT2D eigenvalue weighted by Crippen LogP contribution is -2.49. The van der Waals surface area contributed by atoms with Gasteiger partial charge in [0.1, 0.15) is 0 Å². The van der Waals surface area contributed by atoms with E-state index in [0.717, 1.165) is 6.04 Å². The SMILES string of the molecule is CC(CO)C(C)NC1CCN2CCCCC12. The van der Waals surface area contributed by atoms with Crippen LogP contribution in [0, 0.1) is 5.92 Å². The second-order valence-corrected chi connectivity index (χ2v) is 5.61. The summed E-state index contributed by atoms with van der Waals surface area (Å²) in [7, 11) is 0. The van der Waals surface area contributed by atoms with Crippen LogP contribution in [0.2, 0.25) is 0 Å². The van der Waals surface area contributed by atoms with E-state index < -0.39 is 0 Å². The molecule has 0 saturated carbocycles. The molecule has 2 fully saturated rings. The summed E-state index contributed by atoms with van der Waals surface area (Å²) in [5, 5.41) is 12.9. The first kappa shape index (κ1) is 12.3. The topological polar surface area (TPSA) is 35.5 Å². The Hall–Kier alpha value is -0.120. The Labute approximate surface area is 99.2 Å². The maximum absolute atomic E-state index is 9.16. The van der Waals surface area contributed by atoms with Crippen LogP contribution in [0.5, 0.6) is 0 Å². The Balaban J connectivity index is 1.85. The zero-order chi connectivity index (χ0) is 11.5. The number of aliphatic hydroxyl groups is 1. The highest BCUT2D eigenvalue weighted by Gasteiger charge is 2.36. The molecule has 2 N–H and O–H groups in total. The first-order valence-corrected chi connectivity index (χ1v) is 6.83. The van der Waals surface area contributed by atoms with Crippen LogP contribution in [0.4, 0.5) is 0 Å². The summed E-state index contributed by atoms with van der Waals surface area (Å²) in [5.74, 6) is 0.359. The fraction of sp³-hybridized carbons (Fsp3) is 1.00. The van der Waals surface area contributed by atoms with Crippen molar-refractivity contribution in [3.63, 3.8) is 0 Å². The molecule has 94 valence electrons. The van der Waals surface area contributed by atoms with Crippen molar-refractivity contribution < 1.29 is 5.11 Å². The maximum atomic E-state index is 9.16. The van der Waals surface area contributed by atoms with E-state index in [9.17, 15) is 0 Å². The van der Waals surface area contributed by atoms with Crippen molar-refractivity contribution in [3.8, 4) is 0 Å². The number of nitrogens with zero attached hydrogens (tertiary/aromatic N) is 1. The van der Waals surface area contributed by atoms with Crippen LogP contribution in [0.15, 0.2) is 0 Å². The van der Waals surface area contributed by atoms with Crippen LogP contribution in [-0.4, -0.2) is 47.8 Å². The first-order valence-electron chi connectivity index (χ1n) is 6.83. The van der Waals surface area contributed by atoms with Crippen LogP contribution >= 0.6 is 0 Å². The number of hydrogen-bond acceptors (Lipinski definition) is 3. The molecular weight excluding hydrogens is 200 g/mol. The summed E-state index contributed by atoms with van der Waals surface area (Å²) in [6, 6.07) is 1.85. The summed E-state index contributed by atoms with van der Waals surface area (Å²) < 4.78 is 0. The van der Waals surface area contributed by atoms with E-state index in [0.29, 0.717) is 18.0 Å². The Kier molecular flexibility index (Phi) is 4.22. The monoisotopic (exact) mass is 226 g/mol. The number of fused-ring (bicyclic) bond motifs is 1. The molecule has 0 spiro atoms. The highest BCUT2D eigenvalue weighted by Crippen LogP contribution is 2.27. The molecular formula is C13H26N2O. The van der Waals surface area contributed by atoms with Gasteiger partial charge >= 0.3 is 0 Å². The molecule has 0 radical (unpaired) electrons. The van der Waals surface area contributed by atoms with Crippen molar-refractivity contribution >= 4 is 0 Å². The number of rotatable bonds is 4. The third kappa shape index (κ3) is 2.58. The lowest BCUT2D eigenvalue weighted by molar-refractivity contribution is 0.161. The molecule has 4 unspecified atom stereocenters. The molecule has 0 bridgehead atoms. The second-order valence-electron chi connectivity index (χ2n) is 5.61. The van der Waals surface area contributed by atoms with E-state index in [1.54, 1.807) is 0 Å². The number of hydrogen-bond donors (Lipinski definition) is 2. The van der Waals surface area contributed by atoms with E-state index in [-0.39, 0.29) is 6.61 Å². The number of aliphatic hydroxyl groups excluding tert-OH is 1. The average molecular weight is 226 g/mol. The summed E-state index contributed by atoms with van der Waals surface area (Å²) in [6.45, 7) is 7.17. The van der Waals surface area contributed by atoms with Crippen LogP contribution in [0.1, 0.15) is 39.5 Å². The molecule has 0 aromatic carbocycles. The van der Waals surface area contributed by atoms with E-state index in [1.807, 2.05) is 0 Å². The smallest absolute Gasteiger partial charge is 0.0471 e. The van der Waals surface area contributed by atoms with Gasteiger partial charge in [-0.15, -0.1) is 0 Å². The predicted molar refractivity (Wildman–Crippen MR) is 66.5 cm³/mol. The Morgan fingerprint density at radius 1 is 1.25 bits per heavy atom. The molecule has 2 aliphatic rings. The molecule has 2 saturated heterocycles. The van der Waals surface area contributed by atoms with Gasteiger partial charge in [-0.25, -0.2) is 0 Å². The third-order valence-electron chi connectivity index (χ3n) is 4.47. The molecule has 0 aromatic rings. The lowest BCUT2D eigenvalue weighted by Gasteiger charge is -2.34. The first-order chi connectivity index (χ1) is 7.72. The van der Waals surface area contributed by atoms with Gasteiger partial charge in [-0.2, -0.15) is 0 Å². The summed E-state index contributed by atoms with van der Waals surface area (Å²) >= 11 is 0. The molecule has 0 aromatic heterocycles. The Morgan fingerprint density at radius 3 is 2.81 bits per heavy atom. The van der Waals surface area contributed by atoms with E-state index in [1.165, 1.54) is 38.8 Å². The highest BCUT2D eigenvalue weighted by molar-refractivity contribution is 4.95. The molecule has 3 nitrogen and oxygen atoms in total. The zero-order valence-corrected chi connectivity index (χ0v) is 10.7.